The van der Waals surface area contributed by atoms with Crippen LogP contribution in [-0.4, -0.2) is 31.5 Å². The molecule has 4 nitrogen and oxygen atoms in total. The molecule has 0 spiro atoms. The van der Waals surface area contributed by atoms with Crippen molar-refractivity contribution in [2.45, 2.75) is 32.9 Å². The molecule has 0 heterocycles. The van der Waals surface area contributed by atoms with E-state index in [0.29, 0.717) is 29.7 Å². The third kappa shape index (κ3) is 4.90. The Morgan fingerprint density at radius 1 is 1.42 bits per heavy atom. The fourth-order valence-corrected chi connectivity index (χ4v) is 2.08. The van der Waals surface area contributed by atoms with Crippen molar-refractivity contribution in [3.63, 3.8) is 0 Å². The second-order valence-electron chi connectivity index (χ2n) is 4.34. The number of rotatable bonds is 8. The second-order valence-corrected chi connectivity index (χ2v) is 4.74. The van der Waals surface area contributed by atoms with Gasteiger partial charge in [-0.3, -0.25) is 0 Å². The SMILES string of the molecule is CCOc1cc(CNC(C)CCO)cc(Cl)c1OC. The van der Waals surface area contributed by atoms with Gasteiger partial charge in [-0.1, -0.05) is 11.6 Å². The van der Waals surface area contributed by atoms with E-state index in [0.717, 1.165) is 12.0 Å². The molecule has 5 heteroatoms. The minimum Gasteiger partial charge on any atom is -0.491 e. The Bertz CT molecular complexity index is 399. The first-order valence-corrected chi connectivity index (χ1v) is 6.83. The third-order valence-corrected chi connectivity index (χ3v) is 3.07. The quantitative estimate of drug-likeness (QED) is 0.772. The number of benzene rings is 1. The van der Waals surface area contributed by atoms with Gasteiger partial charge in [-0.05, 0) is 38.0 Å². The van der Waals surface area contributed by atoms with Crippen LogP contribution in [0.4, 0.5) is 0 Å². The number of halogens is 1. The molecular weight excluding hydrogens is 266 g/mol. The zero-order valence-electron chi connectivity index (χ0n) is 11.7. The summed E-state index contributed by atoms with van der Waals surface area (Å²) in [6.45, 7) is 5.36. The Kier molecular flexibility index (Phi) is 6.99. The van der Waals surface area contributed by atoms with Crippen LogP contribution in [0.3, 0.4) is 0 Å². The van der Waals surface area contributed by atoms with E-state index in [9.17, 15) is 0 Å². The van der Waals surface area contributed by atoms with Crippen molar-refractivity contribution >= 4 is 11.6 Å². The largest absolute Gasteiger partial charge is 0.491 e. The van der Waals surface area contributed by atoms with Gasteiger partial charge < -0.3 is 19.9 Å². The van der Waals surface area contributed by atoms with Crippen molar-refractivity contribution in [1.29, 1.82) is 0 Å². The van der Waals surface area contributed by atoms with E-state index >= 15 is 0 Å². The molecule has 19 heavy (non-hydrogen) atoms. The van der Waals surface area contributed by atoms with E-state index in [1.807, 2.05) is 26.0 Å². The van der Waals surface area contributed by atoms with Gasteiger partial charge in [0.15, 0.2) is 11.5 Å². The van der Waals surface area contributed by atoms with Crippen LogP contribution in [0.1, 0.15) is 25.8 Å². The molecule has 1 rings (SSSR count). The molecule has 108 valence electrons. The fraction of sp³-hybridized carbons (Fsp3) is 0.571. The standard InChI is InChI=1S/C14H22ClNO3/c1-4-19-13-8-11(7-12(15)14(13)18-3)9-16-10(2)5-6-17/h7-8,10,16-17H,4-6,9H2,1-3H3. The van der Waals surface area contributed by atoms with E-state index in [4.69, 9.17) is 26.2 Å². The normalized spacial score (nSPS) is 12.3. The molecule has 2 N–H and O–H groups in total. The van der Waals surface area contributed by atoms with Gasteiger partial charge in [0.25, 0.3) is 0 Å². The van der Waals surface area contributed by atoms with Crippen LogP contribution in [0.25, 0.3) is 0 Å². The highest BCUT2D eigenvalue weighted by molar-refractivity contribution is 6.32. The lowest BCUT2D eigenvalue weighted by Gasteiger charge is -2.15. The molecule has 1 atom stereocenters. The minimum absolute atomic E-state index is 0.182. The molecule has 0 bridgehead atoms. The molecule has 1 aromatic carbocycles. The van der Waals surface area contributed by atoms with Gasteiger partial charge in [-0.15, -0.1) is 0 Å². The number of hydrogen-bond donors (Lipinski definition) is 2. The predicted molar refractivity (Wildman–Crippen MR) is 77.2 cm³/mol. The van der Waals surface area contributed by atoms with Gasteiger partial charge in [0.1, 0.15) is 0 Å². The highest BCUT2D eigenvalue weighted by Gasteiger charge is 2.11. The summed E-state index contributed by atoms with van der Waals surface area (Å²) in [6, 6.07) is 4.04. The van der Waals surface area contributed by atoms with E-state index in [1.165, 1.54) is 0 Å². The molecule has 0 radical (unpaired) electrons. The summed E-state index contributed by atoms with van der Waals surface area (Å²) in [5.41, 5.74) is 1.03. The summed E-state index contributed by atoms with van der Waals surface area (Å²) in [5, 5.41) is 12.7. The maximum absolute atomic E-state index is 8.86. The van der Waals surface area contributed by atoms with Crippen LogP contribution in [-0.2, 0) is 6.54 Å². The Morgan fingerprint density at radius 2 is 2.16 bits per heavy atom. The number of hydrogen-bond acceptors (Lipinski definition) is 4. The zero-order chi connectivity index (χ0) is 14.3. The molecule has 0 aliphatic heterocycles. The molecule has 0 aliphatic rings. The third-order valence-electron chi connectivity index (χ3n) is 2.79. The molecule has 0 saturated carbocycles. The summed E-state index contributed by atoms with van der Waals surface area (Å²) < 4.78 is 10.8. The summed E-state index contributed by atoms with van der Waals surface area (Å²) in [7, 11) is 1.57. The van der Waals surface area contributed by atoms with Crippen LogP contribution in [0.15, 0.2) is 12.1 Å². The topological polar surface area (TPSA) is 50.7 Å². The summed E-state index contributed by atoms with van der Waals surface area (Å²) in [5.74, 6) is 1.22. The van der Waals surface area contributed by atoms with Crippen LogP contribution in [0.2, 0.25) is 5.02 Å². The van der Waals surface area contributed by atoms with E-state index in [1.54, 1.807) is 7.11 Å². The first kappa shape index (κ1) is 16.1. The van der Waals surface area contributed by atoms with Gasteiger partial charge >= 0.3 is 0 Å². The Labute approximate surface area is 119 Å². The van der Waals surface area contributed by atoms with E-state index in [2.05, 4.69) is 5.32 Å². The molecule has 1 unspecified atom stereocenters. The molecule has 0 amide bonds. The van der Waals surface area contributed by atoms with Crippen LogP contribution in [0.5, 0.6) is 11.5 Å². The molecule has 0 aliphatic carbocycles. The van der Waals surface area contributed by atoms with Gasteiger partial charge in [-0.2, -0.15) is 0 Å². The fourth-order valence-electron chi connectivity index (χ4n) is 1.77. The molecule has 0 saturated heterocycles. The van der Waals surface area contributed by atoms with E-state index in [-0.39, 0.29) is 12.6 Å². The molecule has 0 aromatic heterocycles. The van der Waals surface area contributed by atoms with Crippen LogP contribution < -0.4 is 14.8 Å². The maximum atomic E-state index is 8.86. The Hall–Kier alpha value is -0.970. The summed E-state index contributed by atoms with van der Waals surface area (Å²) >= 11 is 6.17. The van der Waals surface area contributed by atoms with Gasteiger partial charge in [0.05, 0.1) is 18.7 Å². The molecule has 0 fully saturated rings. The van der Waals surface area contributed by atoms with Crippen molar-refractivity contribution in [2.75, 3.05) is 20.3 Å². The molecular formula is C14H22ClNO3. The van der Waals surface area contributed by atoms with Crippen LogP contribution >= 0.6 is 11.6 Å². The average Bonchev–Trinajstić information content (AvgIpc) is 2.37. The summed E-state index contributed by atoms with van der Waals surface area (Å²) in [4.78, 5) is 0. The molecule has 1 aromatic rings. The predicted octanol–water partition coefficient (Wildman–Crippen LogP) is 2.61. The highest BCUT2D eigenvalue weighted by atomic mass is 35.5. The highest BCUT2D eigenvalue weighted by Crippen LogP contribution is 2.36. The number of ether oxygens (including phenoxy) is 2. The lowest BCUT2D eigenvalue weighted by Crippen LogP contribution is -2.26. The van der Waals surface area contributed by atoms with Crippen molar-refractivity contribution in [3.05, 3.63) is 22.7 Å². The number of nitrogens with one attached hydrogen (secondary N) is 1. The first-order chi connectivity index (χ1) is 9.12. The van der Waals surface area contributed by atoms with E-state index < -0.39 is 0 Å². The lowest BCUT2D eigenvalue weighted by molar-refractivity contribution is 0.268. The van der Waals surface area contributed by atoms with Gasteiger partial charge in [-0.25, -0.2) is 0 Å². The number of methoxy groups -OCH3 is 1. The minimum atomic E-state index is 0.182. The van der Waals surface area contributed by atoms with Gasteiger partial charge in [0, 0.05) is 19.2 Å². The van der Waals surface area contributed by atoms with Gasteiger partial charge in [0.2, 0.25) is 0 Å². The number of aliphatic hydroxyl groups is 1. The maximum Gasteiger partial charge on any atom is 0.179 e. The zero-order valence-corrected chi connectivity index (χ0v) is 12.5. The van der Waals surface area contributed by atoms with Crippen molar-refractivity contribution in [3.8, 4) is 11.5 Å². The second kappa shape index (κ2) is 8.25. The van der Waals surface area contributed by atoms with Crippen molar-refractivity contribution in [2.24, 2.45) is 0 Å². The summed E-state index contributed by atoms with van der Waals surface area (Å²) in [6.07, 6.45) is 0.724. The smallest absolute Gasteiger partial charge is 0.179 e. The lowest BCUT2D eigenvalue weighted by atomic mass is 10.1. The van der Waals surface area contributed by atoms with Crippen molar-refractivity contribution in [1.82, 2.24) is 5.32 Å². The Morgan fingerprint density at radius 3 is 2.74 bits per heavy atom. The average molecular weight is 288 g/mol. The van der Waals surface area contributed by atoms with Crippen molar-refractivity contribution < 1.29 is 14.6 Å². The van der Waals surface area contributed by atoms with Crippen LogP contribution in [0, 0.1) is 0 Å². The monoisotopic (exact) mass is 287 g/mol. The number of aliphatic hydroxyl groups excluding tert-OH is 1. The first-order valence-electron chi connectivity index (χ1n) is 6.45. The Balaban J connectivity index is 2.79.